The van der Waals surface area contributed by atoms with Crippen molar-refractivity contribution in [3.8, 4) is 5.75 Å². The van der Waals surface area contributed by atoms with Crippen LogP contribution in [0.1, 0.15) is 37.7 Å². The van der Waals surface area contributed by atoms with E-state index in [-0.39, 0.29) is 11.8 Å². The van der Waals surface area contributed by atoms with Gasteiger partial charge in [0.15, 0.2) is 0 Å². The van der Waals surface area contributed by atoms with Gasteiger partial charge in [-0.25, -0.2) is 0 Å². The van der Waals surface area contributed by atoms with E-state index < -0.39 is 0 Å². The molecule has 1 aliphatic rings. The lowest BCUT2D eigenvalue weighted by Crippen LogP contribution is -2.39. The molecular weight excluding hydrogens is 276 g/mol. The van der Waals surface area contributed by atoms with Crippen LogP contribution in [0, 0.1) is 0 Å². The lowest BCUT2D eigenvalue weighted by Gasteiger charge is -2.27. The van der Waals surface area contributed by atoms with Crippen LogP contribution in [0.25, 0.3) is 0 Å². The second-order valence-corrected chi connectivity index (χ2v) is 6.40. The first kappa shape index (κ1) is 16.8. The van der Waals surface area contributed by atoms with Gasteiger partial charge < -0.3 is 14.5 Å². The van der Waals surface area contributed by atoms with E-state index in [1.165, 1.54) is 12.8 Å². The maximum atomic E-state index is 12.5. The average molecular weight is 304 g/mol. The molecule has 0 unspecified atom stereocenters. The average Bonchev–Trinajstić information content (AvgIpc) is 2.92. The van der Waals surface area contributed by atoms with Gasteiger partial charge in [0.05, 0.1) is 7.11 Å². The number of carbonyl (C=O) groups is 1. The molecule has 1 amide bonds. The summed E-state index contributed by atoms with van der Waals surface area (Å²) in [6.45, 7) is 4.06. The molecule has 0 bridgehead atoms. The molecule has 0 N–H and O–H groups in total. The summed E-state index contributed by atoms with van der Waals surface area (Å²) >= 11 is 0. The molecule has 1 fully saturated rings. The summed E-state index contributed by atoms with van der Waals surface area (Å²) in [5.41, 5.74) is 1.10. The first-order valence-electron chi connectivity index (χ1n) is 8.10. The highest BCUT2D eigenvalue weighted by molar-refractivity contribution is 5.77. The van der Waals surface area contributed by atoms with Crippen LogP contribution in [0.4, 0.5) is 0 Å². The van der Waals surface area contributed by atoms with Crippen molar-refractivity contribution in [3.05, 3.63) is 29.8 Å². The van der Waals surface area contributed by atoms with Gasteiger partial charge in [0, 0.05) is 26.1 Å². The van der Waals surface area contributed by atoms with E-state index >= 15 is 0 Å². The molecule has 22 heavy (non-hydrogen) atoms. The molecule has 0 spiro atoms. The normalized spacial score (nSPS) is 19.9. The number of likely N-dealkylation sites (tertiary alicyclic amines) is 1. The molecule has 2 atom stereocenters. The van der Waals surface area contributed by atoms with Gasteiger partial charge in [-0.3, -0.25) is 4.79 Å². The Balaban J connectivity index is 1.92. The van der Waals surface area contributed by atoms with Crippen LogP contribution in [0.2, 0.25) is 0 Å². The van der Waals surface area contributed by atoms with Crippen LogP contribution < -0.4 is 4.74 Å². The van der Waals surface area contributed by atoms with E-state index in [4.69, 9.17) is 4.74 Å². The van der Waals surface area contributed by atoms with Crippen molar-refractivity contribution in [2.75, 3.05) is 34.3 Å². The number of amides is 1. The Bertz CT molecular complexity index is 504. The number of likely N-dealkylation sites (N-methyl/N-ethyl adjacent to an activating group) is 2. The van der Waals surface area contributed by atoms with Gasteiger partial charge in [-0.05, 0) is 44.0 Å². The van der Waals surface area contributed by atoms with Crippen molar-refractivity contribution in [2.24, 2.45) is 0 Å². The Morgan fingerprint density at radius 2 is 2.18 bits per heavy atom. The number of para-hydroxylation sites is 1. The maximum absolute atomic E-state index is 12.5. The summed E-state index contributed by atoms with van der Waals surface area (Å²) in [7, 11) is 5.74. The molecule has 4 nitrogen and oxygen atoms in total. The van der Waals surface area contributed by atoms with Crippen LogP contribution in [-0.2, 0) is 4.79 Å². The standard InChI is InChI=1S/C18H28N2O2/c1-14(16-9-5-6-10-17(16)22-4)12-18(21)20(3)13-15-8-7-11-19(15)2/h5-6,9-10,14-15H,7-8,11-13H2,1-4H3/t14-,15+/m0/s1. The minimum absolute atomic E-state index is 0.160. The molecule has 0 aliphatic carbocycles. The van der Waals surface area contributed by atoms with Gasteiger partial charge in [0.1, 0.15) is 5.75 Å². The molecule has 1 heterocycles. The van der Waals surface area contributed by atoms with Gasteiger partial charge >= 0.3 is 0 Å². The Morgan fingerprint density at radius 3 is 2.82 bits per heavy atom. The van der Waals surface area contributed by atoms with Crippen LogP contribution >= 0.6 is 0 Å². The third-order valence-electron chi connectivity index (χ3n) is 4.73. The highest BCUT2D eigenvalue weighted by Gasteiger charge is 2.25. The molecule has 0 radical (unpaired) electrons. The number of carbonyl (C=O) groups excluding carboxylic acids is 1. The number of methoxy groups -OCH3 is 1. The first-order valence-corrected chi connectivity index (χ1v) is 8.10. The fourth-order valence-electron chi connectivity index (χ4n) is 3.23. The van der Waals surface area contributed by atoms with Gasteiger partial charge in [0.25, 0.3) is 0 Å². The molecule has 1 aromatic rings. The summed E-state index contributed by atoms with van der Waals surface area (Å²) in [6, 6.07) is 8.46. The van der Waals surface area contributed by atoms with Crippen molar-refractivity contribution < 1.29 is 9.53 Å². The van der Waals surface area contributed by atoms with E-state index in [0.717, 1.165) is 24.4 Å². The molecule has 0 aromatic heterocycles. The number of hydrogen-bond acceptors (Lipinski definition) is 3. The second-order valence-electron chi connectivity index (χ2n) is 6.40. The summed E-state index contributed by atoms with van der Waals surface area (Å²) in [5, 5.41) is 0. The van der Waals surface area contributed by atoms with Crippen molar-refractivity contribution in [1.29, 1.82) is 0 Å². The predicted molar refractivity (Wildman–Crippen MR) is 89.3 cm³/mol. The molecular formula is C18H28N2O2. The SMILES string of the molecule is COc1ccccc1[C@@H](C)CC(=O)N(C)C[C@H]1CCCN1C. The second kappa shape index (κ2) is 7.63. The third kappa shape index (κ3) is 4.01. The van der Waals surface area contributed by atoms with Crippen molar-refractivity contribution >= 4 is 5.91 Å². The van der Waals surface area contributed by atoms with Gasteiger partial charge in [-0.2, -0.15) is 0 Å². The topological polar surface area (TPSA) is 32.8 Å². The lowest BCUT2D eigenvalue weighted by molar-refractivity contribution is -0.130. The van der Waals surface area contributed by atoms with E-state index in [9.17, 15) is 4.79 Å². The molecule has 1 aliphatic heterocycles. The molecule has 4 heteroatoms. The Kier molecular flexibility index (Phi) is 5.83. The monoisotopic (exact) mass is 304 g/mol. The maximum Gasteiger partial charge on any atom is 0.222 e. The van der Waals surface area contributed by atoms with Gasteiger partial charge in [0.2, 0.25) is 5.91 Å². The smallest absolute Gasteiger partial charge is 0.222 e. The van der Waals surface area contributed by atoms with Crippen molar-refractivity contribution in [2.45, 2.75) is 38.1 Å². The minimum Gasteiger partial charge on any atom is -0.496 e. The van der Waals surface area contributed by atoms with Gasteiger partial charge in [-0.15, -0.1) is 0 Å². The first-order chi connectivity index (χ1) is 10.5. The van der Waals surface area contributed by atoms with Crippen LogP contribution in [0.15, 0.2) is 24.3 Å². The largest absolute Gasteiger partial charge is 0.496 e. The van der Waals surface area contributed by atoms with Gasteiger partial charge in [-0.1, -0.05) is 25.1 Å². The quantitative estimate of drug-likeness (QED) is 0.810. The highest BCUT2D eigenvalue weighted by atomic mass is 16.5. The number of rotatable bonds is 6. The van der Waals surface area contributed by atoms with E-state index in [1.54, 1.807) is 7.11 Å². The number of ether oxygens (including phenoxy) is 1. The third-order valence-corrected chi connectivity index (χ3v) is 4.73. The number of hydrogen-bond donors (Lipinski definition) is 0. The molecule has 1 saturated heterocycles. The molecule has 2 rings (SSSR count). The zero-order valence-electron chi connectivity index (χ0n) is 14.2. The zero-order valence-corrected chi connectivity index (χ0v) is 14.2. The fourth-order valence-corrected chi connectivity index (χ4v) is 3.23. The summed E-state index contributed by atoms with van der Waals surface area (Å²) in [5.74, 6) is 1.23. The zero-order chi connectivity index (χ0) is 16.1. The van der Waals surface area contributed by atoms with E-state index in [1.807, 2.05) is 36.2 Å². The summed E-state index contributed by atoms with van der Waals surface area (Å²) in [6.07, 6.45) is 2.95. The Hall–Kier alpha value is -1.55. The van der Waals surface area contributed by atoms with Crippen LogP contribution in [0.3, 0.4) is 0 Å². The number of benzene rings is 1. The lowest BCUT2D eigenvalue weighted by atomic mass is 9.96. The summed E-state index contributed by atoms with van der Waals surface area (Å²) in [4.78, 5) is 16.7. The van der Waals surface area contributed by atoms with Crippen molar-refractivity contribution in [3.63, 3.8) is 0 Å². The minimum atomic E-state index is 0.160. The molecule has 122 valence electrons. The predicted octanol–water partition coefficient (Wildman–Crippen LogP) is 2.74. The Labute approximate surface area is 134 Å². The summed E-state index contributed by atoms with van der Waals surface area (Å²) < 4.78 is 5.40. The molecule has 1 aromatic carbocycles. The van der Waals surface area contributed by atoms with E-state index in [2.05, 4.69) is 18.9 Å². The fraction of sp³-hybridized carbons (Fsp3) is 0.611. The van der Waals surface area contributed by atoms with Crippen molar-refractivity contribution in [1.82, 2.24) is 9.80 Å². The molecule has 0 saturated carbocycles. The Morgan fingerprint density at radius 1 is 1.45 bits per heavy atom. The van der Waals surface area contributed by atoms with E-state index in [0.29, 0.717) is 12.5 Å². The van der Waals surface area contributed by atoms with Crippen LogP contribution in [-0.4, -0.2) is 56.0 Å². The number of nitrogens with zero attached hydrogens (tertiary/aromatic N) is 2. The highest BCUT2D eigenvalue weighted by Crippen LogP contribution is 2.28. The van der Waals surface area contributed by atoms with Crippen LogP contribution in [0.5, 0.6) is 5.75 Å².